The van der Waals surface area contributed by atoms with Gasteiger partial charge in [-0.25, -0.2) is 27.1 Å². The number of aromatic nitrogens is 3. The van der Waals surface area contributed by atoms with E-state index in [0.29, 0.717) is 24.3 Å². The standard InChI is InChI=1S/C27H27FN4O4S/c1-27(2)17-31(26(33)36-15-19-7-5-4-6-8-19)22-14-20(13-18-9-11-21(28)12-10-18)25-29-23(16-37(3,34)35)30-32(25)24(22)27/h4-12,14H,13,15-17H2,1-3H3. The molecular formula is C27H27FN4O4S. The number of carbonyl (C=O) groups excluding carboxylic acids is 1. The quantitative estimate of drug-likeness (QED) is 0.372. The largest absolute Gasteiger partial charge is 0.444 e. The van der Waals surface area contributed by atoms with Gasteiger partial charge in [-0.15, -0.1) is 5.10 Å². The van der Waals surface area contributed by atoms with Crippen molar-refractivity contribution in [3.8, 4) is 0 Å². The van der Waals surface area contributed by atoms with Crippen LogP contribution in [0.15, 0.2) is 60.7 Å². The number of fused-ring (bicyclic) bond motifs is 3. The van der Waals surface area contributed by atoms with Crippen molar-refractivity contribution in [3.05, 3.63) is 94.7 Å². The molecule has 1 aliphatic rings. The number of nitrogens with zero attached hydrogens (tertiary/aromatic N) is 4. The SMILES string of the molecule is CC1(C)CN(C(=O)OCc2ccccc2)c2cc(Cc3ccc(F)cc3)c3nc(CS(C)(=O)=O)nn3c21. The topological polar surface area (TPSA) is 93.9 Å². The van der Waals surface area contributed by atoms with Crippen LogP contribution in [0.1, 0.15) is 42.1 Å². The van der Waals surface area contributed by atoms with Crippen molar-refractivity contribution in [2.75, 3.05) is 17.7 Å². The fourth-order valence-corrected chi connectivity index (χ4v) is 5.32. The lowest BCUT2D eigenvalue weighted by Gasteiger charge is -2.20. The lowest BCUT2D eigenvalue weighted by molar-refractivity contribution is 0.147. The Kier molecular flexibility index (Phi) is 6.23. The van der Waals surface area contributed by atoms with E-state index in [9.17, 15) is 17.6 Å². The number of sulfone groups is 1. The third-order valence-corrected chi connectivity index (χ3v) is 7.10. The minimum absolute atomic E-state index is 0.137. The number of carbonyl (C=O) groups is 1. The highest BCUT2D eigenvalue weighted by atomic mass is 32.2. The van der Waals surface area contributed by atoms with Crippen LogP contribution in [0, 0.1) is 5.82 Å². The zero-order valence-corrected chi connectivity index (χ0v) is 21.6. The number of hydrogen-bond donors (Lipinski definition) is 0. The number of amides is 1. The minimum atomic E-state index is -3.37. The normalized spacial score (nSPS) is 14.6. The van der Waals surface area contributed by atoms with E-state index in [0.717, 1.165) is 28.6 Å². The summed E-state index contributed by atoms with van der Waals surface area (Å²) in [6.45, 7) is 4.48. The Morgan fingerprint density at radius 3 is 2.46 bits per heavy atom. The van der Waals surface area contributed by atoms with Crippen molar-refractivity contribution in [2.45, 2.75) is 38.0 Å². The first-order valence-electron chi connectivity index (χ1n) is 11.8. The molecule has 192 valence electrons. The van der Waals surface area contributed by atoms with Crippen molar-refractivity contribution in [1.29, 1.82) is 0 Å². The lowest BCUT2D eigenvalue weighted by atomic mass is 9.90. The molecule has 0 bridgehead atoms. The second kappa shape index (κ2) is 9.26. The van der Waals surface area contributed by atoms with Gasteiger partial charge in [-0.05, 0) is 29.3 Å². The summed E-state index contributed by atoms with van der Waals surface area (Å²) in [6.07, 6.45) is 1.04. The Labute approximate surface area is 214 Å². The molecule has 2 aromatic heterocycles. The highest BCUT2D eigenvalue weighted by Crippen LogP contribution is 2.42. The predicted molar refractivity (Wildman–Crippen MR) is 138 cm³/mol. The first kappa shape index (κ1) is 24.9. The Hall–Kier alpha value is -3.79. The summed E-state index contributed by atoms with van der Waals surface area (Å²) in [5, 5.41) is 4.56. The summed E-state index contributed by atoms with van der Waals surface area (Å²) in [7, 11) is -3.37. The van der Waals surface area contributed by atoms with Gasteiger partial charge >= 0.3 is 6.09 Å². The monoisotopic (exact) mass is 522 g/mol. The summed E-state index contributed by atoms with van der Waals surface area (Å²) < 4.78 is 44.8. The second-order valence-electron chi connectivity index (χ2n) is 10.1. The van der Waals surface area contributed by atoms with Crippen LogP contribution in [0.2, 0.25) is 0 Å². The minimum Gasteiger partial charge on any atom is -0.444 e. The fourth-order valence-electron chi connectivity index (χ4n) is 4.73. The molecule has 0 spiro atoms. The summed E-state index contributed by atoms with van der Waals surface area (Å²) in [5.41, 5.74) is 3.82. The Bertz CT molecular complexity index is 1580. The highest BCUT2D eigenvalue weighted by molar-refractivity contribution is 7.89. The lowest BCUT2D eigenvalue weighted by Crippen LogP contribution is -2.34. The van der Waals surface area contributed by atoms with Crippen LogP contribution in [-0.4, -0.2) is 41.9 Å². The molecule has 1 aliphatic heterocycles. The maximum absolute atomic E-state index is 13.5. The predicted octanol–water partition coefficient (Wildman–Crippen LogP) is 4.44. The molecule has 0 N–H and O–H groups in total. The molecule has 8 nitrogen and oxygen atoms in total. The summed E-state index contributed by atoms with van der Waals surface area (Å²) in [5.74, 6) is -0.463. The molecule has 5 rings (SSSR count). The molecule has 3 heterocycles. The van der Waals surface area contributed by atoms with Gasteiger partial charge in [0.25, 0.3) is 0 Å². The van der Waals surface area contributed by atoms with Crippen molar-refractivity contribution in [2.24, 2.45) is 0 Å². The molecule has 0 atom stereocenters. The van der Waals surface area contributed by atoms with Gasteiger partial charge in [0, 0.05) is 30.2 Å². The van der Waals surface area contributed by atoms with E-state index >= 15 is 0 Å². The van der Waals surface area contributed by atoms with Gasteiger partial charge in [-0.3, -0.25) is 4.90 Å². The van der Waals surface area contributed by atoms with Crippen LogP contribution in [0.4, 0.5) is 14.9 Å². The van der Waals surface area contributed by atoms with Gasteiger partial charge in [-0.1, -0.05) is 56.3 Å². The average molecular weight is 523 g/mol. The van der Waals surface area contributed by atoms with Gasteiger partial charge in [0.05, 0.1) is 11.4 Å². The number of hydrogen-bond acceptors (Lipinski definition) is 6. The third kappa shape index (κ3) is 5.20. The zero-order valence-electron chi connectivity index (χ0n) is 20.8. The molecular weight excluding hydrogens is 495 g/mol. The van der Waals surface area contributed by atoms with Crippen molar-refractivity contribution in [3.63, 3.8) is 0 Å². The van der Waals surface area contributed by atoms with Gasteiger partial charge in [0.15, 0.2) is 21.3 Å². The maximum Gasteiger partial charge on any atom is 0.414 e. The molecule has 0 radical (unpaired) electrons. The molecule has 1 amide bonds. The van der Waals surface area contributed by atoms with E-state index in [4.69, 9.17) is 4.74 Å². The van der Waals surface area contributed by atoms with Crippen molar-refractivity contribution in [1.82, 2.24) is 14.6 Å². The summed E-state index contributed by atoms with van der Waals surface area (Å²) in [6, 6.07) is 17.5. The molecule has 0 saturated heterocycles. The van der Waals surface area contributed by atoms with Crippen molar-refractivity contribution >= 4 is 27.3 Å². The van der Waals surface area contributed by atoms with E-state index < -0.39 is 21.3 Å². The second-order valence-corrected chi connectivity index (χ2v) is 12.2. The first-order valence-corrected chi connectivity index (χ1v) is 13.9. The van der Waals surface area contributed by atoms with Crippen LogP contribution < -0.4 is 4.90 Å². The first-order chi connectivity index (χ1) is 17.5. The van der Waals surface area contributed by atoms with E-state index in [-0.39, 0.29) is 24.0 Å². The Morgan fingerprint density at radius 2 is 1.78 bits per heavy atom. The van der Waals surface area contributed by atoms with Crippen molar-refractivity contribution < 1.29 is 22.3 Å². The number of pyridine rings is 1. The number of ether oxygens (including phenoxy) is 1. The molecule has 0 saturated carbocycles. The fraction of sp³-hybridized carbons (Fsp3) is 0.296. The highest BCUT2D eigenvalue weighted by Gasteiger charge is 2.42. The molecule has 2 aromatic carbocycles. The summed E-state index contributed by atoms with van der Waals surface area (Å²) >= 11 is 0. The average Bonchev–Trinajstić information content (AvgIpc) is 3.36. The number of rotatable bonds is 6. The van der Waals surface area contributed by atoms with Gasteiger partial charge in [0.1, 0.15) is 18.2 Å². The van der Waals surface area contributed by atoms with Crippen LogP contribution >= 0.6 is 0 Å². The van der Waals surface area contributed by atoms with Crippen LogP contribution in [0.25, 0.3) is 5.65 Å². The number of halogens is 1. The third-order valence-electron chi connectivity index (χ3n) is 6.31. The molecule has 37 heavy (non-hydrogen) atoms. The van der Waals surface area contributed by atoms with Crippen LogP contribution in [0.3, 0.4) is 0 Å². The number of anilines is 1. The van der Waals surface area contributed by atoms with Crippen LogP contribution in [-0.2, 0) is 38.8 Å². The van der Waals surface area contributed by atoms with E-state index in [1.54, 1.807) is 21.5 Å². The molecule has 0 aliphatic carbocycles. The van der Waals surface area contributed by atoms with Crippen LogP contribution in [0.5, 0.6) is 0 Å². The summed E-state index contributed by atoms with van der Waals surface area (Å²) in [4.78, 5) is 19.4. The van der Waals surface area contributed by atoms with Gasteiger partial charge in [0.2, 0.25) is 0 Å². The molecule has 0 fully saturated rings. The van der Waals surface area contributed by atoms with E-state index in [1.807, 2.05) is 50.2 Å². The zero-order chi connectivity index (χ0) is 26.4. The smallest absolute Gasteiger partial charge is 0.414 e. The molecule has 0 unspecified atom stereocenters. The Morgan fingerprint density at radius 1 is 1.08 bits per heavy atom. The number of benzene rings is 2. The Balaban J connectivity index is 1.59. The molecule has 10 heteroatoms. The van der Waals surface area contributed by atoms with Gasteiger partial charge < -0.3 is 4.74 Å². The maximum atomic E-state index is 13.5. The molecule has 4 aromatic rings. The van der Waals surface area contributed by atoms with E-state index in [1.165, 1.54) is 12.1 Å². The van der Waals surface area contributed by atoms with Gasteiger partial charge in [-0.2, -0.15) is 0 Å². The van der Waals surface area contributed by atoms with E-state index in [2.05, 4.69) is 10.1 Å².